The third kappa shape index (κ3) is 6.25. The number of carbonyl (C=O) groups excluding carboxylic acids is 1. The summed E-state index contributed by atoms with van der Waals surface area (Å²) >= 11 is 0. The second-order valence-electron chi connectivity index (χ2n) is 4.82. The van der Waals surface area contributed by atoms with Crippen LogP contribution in [0, 0.1) is 5.92 Å². The molecule has 0 aliphatic carbocycles. The Morgan fingerprint density at radius 1 is 1.26 bits per heavy atom. The van der Waals surface area contributed by atoms with Gasteiger partial charge in [-0.25, -0.2) is 0 Å². The standard InChI is InChI=1S/C15H24N2O2/c1-12(10-16-2)11-17-15(18)9-6-13-4-7-14(19-3)8-5-13/h4-5,7-8,12,16H,6,9-11H2,1-3H3,(H,17,18). The zero-order chi connectivity index (χ0) is 14.1. The minimum Gasteiger partial charge on any atom is -0.497 e. The lowest BCUT2D eigenvalue weighted by Crippen LogP contribution is -2.32. The van der Waals surface area contributed by atoms with Crippen molar-refractivity contribution in [1.29, 1.82) is 0 Å². The molecule has 1 atom stereocenters. The summed E-state index contributed by atoms with van der Waals surface area (Å²) in [5.74, 6) is 1.41. The van der Waals surface area contributed by atoms with Crippen LogP contribution in [-0.2, 0) is 11.2 Å². The minimum atomic E-state index is 0.110. The molecule has 1 amide bonds. The molecule has 19 heavy (non-hydrogen) atoms. The normalized spacial score (nSPS) is 11.9. The van der Waals surface area contributed by atoms with Gasteiger partial charge in [-0.1, -0.05) is 19.1 Å². The van der Waals surface area contributed by atoms with E-state index in [0.717, 1.165) is 30.8 Å². The van der Waals surface area contributed by atoms with E-state index < -0.39 is 0 Å². The van der Waals surface area contributed by atoms with Gasteiger partial charge < -0.3 is 15.4 Å². The van der Waals surface area contributed by atoms with Crippen LogP contribution in [0.25, 0.3) is 0 Å². The van der Waals surface area contributed by atoms with Crippen molar-refractivity contribution < 1.29 is 9.53 Å². The van der Waals surface area contributed by atoms with E-state index in [4.69, 9.17) is 4.74 Å². The SMILES string of the molecule is CNCC(C)CNC(=O)CCc1ccc(OC)cc1. The van der Waals surface area contributed by atoms with Crippen molar-refractivity contribution in [3.05, 3.63) is 29.8 Å². The predicted octanol–water partition coefficient (Wildman–Crippen LogP) is 1.60. The summed E-state index contributed by atoms with van der Waals surface area (Å²) in [5.41, 5.74) is 1.15. The first-order chi connectivity index (χ1) is 9.15. The van der Waals surface area contributed by atoms with E-state index in [9.17, 15) is 4.79 Å². The molecule has 1 aromatic rings. The molecule has 0 fully saturated rings. The number of rotatable bonds is 8. The number of aryl methyl sites for hydroxylation is 1. The molecule has 0 radical (unpaired) electrons. The number of ether oxygens (including phenoxy) is 1. The summed E-state index contributed by atoms with van der Waals surface area (Å²) in [5, 5.41) is 6.05. The van der Waals surface area contributed by atoms with E-state index >= 15 is 0 Å². The van der Waals surface area contributed by atoms with Gasteiger partial charge in [-0.05, 0) is 43.6 Å². The Bertz CT molecular complexity index is 376. The fraction of sp³-hybridized carbons (Fsp3) is 0.533. The molecule has 0 saturated heterocycles. The highest BCUT2D eigenvalue weighted by Gasteiger charge is 2.05. The van der Waals surface area contributed by atoms with Crippen LogP contribution in [-0.4, -0.2) is 33.2 Å². The van der Waals surface area contributed by atoms with Crippen LogP contribution in [0.5, 0.6) is 5.75 Å². The molecule has 1 aromatic carbocycles. The van der Waals surface area contributed by atoms with Gasteiger partial charge in [-0.2, -0.15) is 0 Å². The van der Waals surface area contributed by atoms with E-state index in [1.807, 2.05) is 31.3 Å². The third-order valence-electron chi connectivity index (χ3n) is 3.00. The highest BCUT2D eigenvalue weighted by molar-refractivity contribution is 5.76. The molecule has 0 bridgehead atoms. The molecule has 0 aromatic heterocycles. The zero-order valence-corrected chi connectivity index (χ0v) is 12.0. The van der Waals surface area contributed by atoms with Gasteiger partial charge in [0.05, 0.1) is 7.11 Å². The van der Waals surface area contributed by atoms with Gasteiger partial charge >= 0.3 is 0 Å². The van der Waals surface area contributed by atoms with E-state index in [-0.39, 0.29) is 5.91 Å². The lowest BCUT2D eigenvalue weighted by Gasteiger charge is -2.11. The van der Waals surface area contributed by atoms with Gasteiger partial charge in [0, 0.05) is 13.0 Å². The average Bonchev–Trinajstić information content (AvgIpc) is 2.44. The topological polar surface area (TPSA) is 50.4 Å². The summed E-state index contributed by atoms with van der Waals surface area (Å²) in [7, 11) is 3.57. The first-order valence-corrected chi connectivity index (χ1v) is 6.70. The lowest BCUT2D eigenvalue weighted by molar-refractivity contribution is -0.121. The summed E-state index contributed by atoms with van der Waals surface area (Å²) in [6, 6.07) is 7.83. The second-order valence-corrected chi connectivity index (χ2v) is 4.82. The number of carbonyl (C=O) groups is 1. The summed E-state index contributed by atoms with van der Waals surface area (Å²) < 4.78 is 5.10. The quantitative estimate of drug-likeness (QED) is 0.750. The molecule has 4 heteroatoms. The number of hydrogen-bond acceptors (Lipinski definition) is 3. The van der Waals surface area contributed by atoms with Gasteiger partial charge in [-0.15, -0.1) is 0 Å². The maximum atomic E-state index is 11.7. The van der Waals surface area contributed by atoms with Gasteiger partial charge in [0.1, 0.15) is 5.75 Å². The predicted molar refractivity (Wildman–Crippen MR) is 77.4 cm³/mol. The Morgan fingerprint density at radius 2 is 1.95 bits per heavy atom. The van der Waals surface area contributed by atoms with Crippen molar-refractivity contribution in [2.75, 3.05) is 27.2 Å². The van der Waals surface area contributed by atoms with Crippen molar-refractivity contribution in [2.24, 2.45) is 5.92 Å². The van der Waals surface area contributed by atoms with Gasteiger partial charge in [-0.3, -0.25) is 4.79 Å². The fourth-order valence-electron chi connectivity index (χ4n) is 1.85. The maximum Gasteiger partial charge on any atom is 0.220 e. The van der Waals surface area contributed by atoms with E-state index in [1.54, 1.807) is 7.11 Å². The number of methoxy groups -OCH3 is 1. The third-order valence-corrected chi connectivity index (χ3v) is 3.00. The zero-order valence-electron chi connectivity index (χ0n) is 12.0. The minimum absolute atomic E-state index is 0.110. The smallest absolute Gasteiger partial charge is 0.220 e. The number of nitrogens with one attached hydrogen (secondary N) is 2. The maximum absolute atomic E-state index is 11.7. The Balaban J connectivity index is 2.25. The van der Waals surface area contributed by atoms with Crippen LogP contribution >= 0.6 is 0 Å². The van der Waals surface area contributed by atoms with Crippen molar-refractivity contribution >= 4 is 5.91 Å². The van der Waals surface area contributed by atoms with Gasteiger partial charge in [0.2, 0.25) is 5.91 Å². The Kier molecular flexibility index (Phi) is 6.97. The van der Waals surface area contributed by atoms with Gasteiger partial charge in [0.25, 0.3) is 0 Å². The van der Waals surface area contributed by atoms with Crippen molar-refractivity contribution in [2.45, 2.75) is 19.8 Å². The molecule has 0 aliphatic rings. The molecule has 0 spiro atoms. The summed E-state index contributed by atoms with van der Waals surface area (Å²) in [6.07, 6.45) is 1.29. The largest absolute Gasteiger partial charge is 0.497 e. The molecule has 0 saturated carbocycles. The monoisotopic (exact) mass is 264 g/mol. The van der Waals surface area contributed by atoms with Crippen LogP contribution in [0.4, 0.5) is 0 Å². The van der Waals surface area contributed by atoms with Crippen LogP contribution in [0.3, 0.4) is 0 Å². The number of benzene rings is 1. The average molecular weight is 264 g/mol. The molecule has 0 aliphatic heterocycles. The molecule has 0 heterocycles. The molecule has 4 nitrogen and oxygen atoms in total. The van der Waals surface area contributed by atoms with E-state index in [2.05, 4.69) is 17.6 Å². The first kappa shape index (κ1) is 15.5. The van der Waals surface area contributed by atoms with Crippen molar-refractivity contribution in [3.8, 4) is 5.75 Å². The fourth-order valence-corrected chi connectivity index (χ4v) is 1.85. The highest BCUT2D eigenvalue weighted by Crippen LogP contribution is 2.12. The Labute approximate surface area is 115 Å². The second kappa shape index (κ2) is 8.53. The van der Waals surface area contributed by atoms with Crippen LogP contribution in [0.15, 0.2) is 24.3 Å². The van der Waals surface area contributed by atoms with Crippen LogP contribution in [0.1, 0.15) is 18.9 Å². The number of amides is 1. The highest BCUT2D eigenvalue weighted by atomic mass is 16.5. The molecule has 106 valence electrons. The first-order valence-electron chi connectivity index (χ1n) is 6.70. The van der Waals surface area contributed by atoms with Crippen molar-refractivity contribution in [1.82, 2.24) is 10.6 Å². The Hall–Kier alpha value is -1.55. The number of hydrogen-bond donors (Lipinski definition) is 2. The van der Waals surface area contributed by atoms with Crippen LogP contribution in [0.2, 0.25) is 0 Å². The lowest BCUT2D eigenvalue weighted by atomic mass is 10.1. The molecular weight excluding hydrogens is 240 g/mol. The molecule has 1 rings (SSSR count). The Morgan fingerprint density at radius 3 is 2.53 bits per heavy atom. The van der Waals surface area contributed by atoms with Crippen LogP contribution < -0.4 is 15.4 Å². The molecule has 2 N–H and O–H groups in total. The summed E-state index contributed by atoms with van der Waals surface area (Å²) in [6.45, 7) is 3.75. The van der Waals surface area contributed by atoms with Gasteiger partial charge in [0.15, 0.2) is 0 Å². The molecular formula is C15H24N2O2. The summed E-state index contributed by atoms with van der Waals surface area (Å²) in [4.78, 5) is 11.7. The van der Waals surface area contributed by atoms with E-state index in [0.29, 0.717) is 12.3 Å². The van der Waals surface area contributed by atoms with Crippen molar-refractivity contribution in [3.63, 3.8) is 0 Å². The van der Waals surface area contributed by atoms with E-state index in [1.165, 1.54) is 0 Å². The molecule has 1 unspecified atom stereocenters.